The smallest absolute Gasteiger partial charge is 0.338 e. The molecule has 0 unspecified atom stereocenters. The first-order chi connectivity index (χ1) is 12.0. The minimum Gasteiger partial charge on any atom is -0.452 e. The van der Waals surface area contributed by atoms with Gasteiger partial charge in [0.2, 0.25) is 0 Å². The number of rotatable bonds is 7. The van der Waals surface area contributed by atoms with Crippen molar-refractivity contribution in [1.82, 2.24) is 5.32 Å². The standard InChI is InChI=1S/C20H24N2O3/c1-4-15-5-9-17(10-6-15)20(24)25-14-19(23)21-13-16-7-11-18(12-8-16)22(2)3/h5-12H,4,13-14H2,1-3H3,(H,21,23). The van der Waals surface area contributed by atoms with Crippen LogP contribution in [0.15, 0.2) is 48.5 Å². The highest BCUT2D eigenvalue weighted by atomic mass is 16.5. The number of nitrogens with zero attached hydrogens (tertiary/aromatic N) is 1. The van der Waals surface area contributed by atoms with Crippen molar-refractivity contribution < 1.29 is 14.3 Å². The van der Waals surface area contributed by atoms with E-state index in [-0.39, 0.29) is 12.5 Å². The van der Waals surface area contributed by atoms with Gasteiger partial charge in [-0.15, -0.1) is 0 Å². The van der Waals surface area contributed by atoms with Crippen LogP contribution in [-0.2, 0) is 22.5 Å². The molecule has 1 amide bonds. The van der Waals surface area contributed by atoms with E-state index in [9.17, 15) is 9.59 Å². The highest BCUT2D eigenvalue weighted by Crippen LogP contribution is 2.12. The predicted octanol–water partition coefficient (Wildman–Crippen LogP) is 2.79. The Hall–Kier alpha value is -2.82. The van der Waals surface area contributed by atoms with Crippen LogP contribution in [0.2, 0.25) is 0 Å². The Bertz CT molecular complexity index is 707. The number of hydrogen-bond acceptors (Lipinski definition) is 4. The summed E-state index contributed by atoms with van der Waals surface area (Å²) in [5, 5.41) is 2.74. The lowest BCUT2D eigenvalue weighted by Crippen LogP contribution is -2.28. The van der Waals surface area contributed by atoms with Crippen molar-refractivity contribution in [2.75, 3.05) is 25.6 Å². The molecule has 132 valence electrons. The van der Waals surface area contributed by atoms with Crippen molar-refractivity contribution in [2.24, 2.45) is 0 Å². The van der Waals surface area contributed by atoms with Gasteiger partial charge in [0.15, 0.2) is 6.61 Å². The van der Waals surface area contributed by atoms with Gasteiger partial charge in [-0.3, -0.25) is 4.79 Å². The van der Waals surface area contributed by atoms with E-state index < -0.39 is 5.97 Å². The van der Waals surface area contributed by atoms with Crippen molar-refractivity contribution in [3.63, 3.8) is 0 Å². The van der Waals surface area contributed by atoms with Gasteiger partial charge in [0.05, 0.1) is 5.56 Å². The van der Waals surface area contributed by atoms with Gasteiger partial charge in [-0.25, -0.2) is 4.79 Å². The number of aryl methyl sites for hydroxylation is 1. The number of nitrogens with one attached hydrogen (secondary N) is 1. The monoisotopic (exact) mass is 340 g/mol. The zero-order chi connectivity index (χ0) is 18.2. The molecule has 2 aromatic rings. The maximum absolute atomic E-state index is 11.9. The molecule has 0 bridgehead atoms. The van der Waals surface area contributed by atoms with Gasteiger partial charge in [-0.2, -0.15) is 0 Å². The number of carbonyl (C=O) groups excluding carboxylic acids is 2. The third-order valence-corrected chi connectivity index (χ3v) is 3.87. The number of hydrogen-bond donors (Lipinski definition) is 1. The second-order valence-electron chi connectivity index (χ2n) is 5.96. The zero-order valence-electron chi connectivity index (χ0n) is 14.9. The Kier molecular flexibility index (Phi) is 6.57. The van der Waals surface area contributed by atoms with Gasteiger partial charge in [0, 0.05) is 26.3 Å². The molecule has 0 aliphatic heterocycles. The van der Waals surface area contributed by atoms with Crippen LogP contribution >= 0.6 is 0 Å². The summed E-state index contributed by atoms with van der Waals surface area (Å²) in [7, 11) is 3.95. The first-order valence-electron chi connectivity index (χ1n) is 8.28. The summed E-state index contributed by atoms with van der Waals surface area (Å²) in [6.45, 7) is 2.16. The van der Waals surface area contributed by atoms with Crippen molar-refractivity contribution in [1.29, 1.82) is 0 Å². The molecule has 0 spiro atoms. The quantitative estimate of drug-likeness (QED) is 0.788. The van der Waals surface area contributed by atoms with Gasteiger partial charge in [-0.05, 0) is 41.8 Å². The summed E-state index contributed by atoms with van der Waals surface area (Å²) >= 11 is 0. The lowest BCUT2D eigenvalue weighted by molar-refractivity contribution is -0.124. The van der Waals surface area contributed by atoms with Crippen LogP contribution < -0.4 is 10.2 Å². The average molecular weight is 340 g/mol. The zero-order valence-corrected chi connectivity index (χ0v) is 14.9. The van der Waals surface area contributed by atoms with Crippen LogP contribution in [0.1, 0.15) is 28.4 Å². The number of anilines is 1. The molecule has 0 aliphatic carbocycles. The summed E-state index contributed by atoms with van der Waals surface area (Å²) < 4.78 is 5.04. The van der Waals surface area contributed by atoms with E-state index in [2.05, 4.69) is 5.32 Å². The van der Waals surface area contributed by atoms with Gasteiger partial charge in [0.1, 0.15) is 0 Å². The fourth-order valence-corrected chi connectivity index (χ4v) is 2.25. The summed E-state index contributed by atoms with van der Waals surface area (Å²) in [4.78, 5) is 25.8. The first-order valence-corrected chi connectivity index (χ1v) is 8.28. The molecule has 0 aromatic heterocycles. The Morgan fingerprint density at radius 3 is 2.12 bits per heavy atom. The van der Waals surface area contributed by atoms with Crippen LogP contribution in [-0.4, -0.2) is 32.6 Å². The molecule has 1 N–H and O–H groups in total. The Morgan fingerprint density at radius 2 is 1.56 bits per heavy atom. The molecule has 0 saturated heterocycles. The number of amides is 1. The minimum absolute atomic E-state index is 0.288. The molecule has 0 saturated carbocycles. The van der Waals surface area contributed by atoms with Gasteiger partial charge in [0.25, 0.3) is 5.91 Å². The van der Waals surface area contributed by atoms with Crippen LogP contribution in [0.3, 0.4) is 0 Å². The van der Waals surface area contributed by atoms with Crippen LogP contribution in [0, 0.1) is 0 Å². The van der Waals surface area contributed by atoms with E-state index in [4.69, 9.17) is 4.74 Å². The van der Waals surface area contributed by atoms with E-state index >= 15 is 0 Å². The van der Waals surface area contributed by atoms with E-state index in [1.54, 1.807) is 12.1 Å². The van der Waals surface area contributed by atoms with Crippen molar-refractivity contribution in [2.45, 2.75) is 19.9 Å². The summed E-state index contributed by atoms with van der Waals surface area (Å²) in [5.41, 5.74) is 3.68. The molecule has 5 nitrogen and oxygen atoms in total. The molecule has 0 heterocycles. The number of ether oxygens (including phenoxy) is 1. The van der Waals surface area contributed by atoms with E-state index in [0.717, 1.165) is 23.2 Å². The summed E-state index contributed by atoms with van der Waals surface area (Å²) in [5.74, 6) is -0.816. The lowest BCUT2D eigenvalue weighted by atomic mass is 10.1. The topological polar surface area (TPSA) is 58.6 Å². The molecule has 2 aromatic carbocycles. The second kappa shape index (κ2) is 8.87. The first kappa shape index (κ1) is 18.5. The minimum atomic E-state index is -0.492. The van der Waals surface area contributed by atoms with Crippen molar-refractivity contribution in [3.8, 4) is 0 Å². The van der Waals surface area contributed by atoms with Gasteiger partial charge < -0.3 is 15.0 Å². The van der Waals surface area contributed by atoms with Crippen LogP contribution in [0.4, 0.5) is 5.69 Å². The Balaban J connectivity index is 1.77. The molecular formula is C20H24N2O3. The van der Waals surface area contributed by atoms with Crippen LogP contribution in [0.25, 0.3) is 0 Å². The maximum Gasteiger partial charge on any atom is 0.338 e. The highest BCUT2D eigenvalue weighted by Gasteiger charge is 2.10. The van der Waals surface area contributed by atoms with Gasteiger partial charge >= 0.3 is 5.97 Å². The Morgan fingerprint density at radius 1 is 0.960 bits per heavy atom. The highest BCUT2D eigenvalue weighted by molar-refractivity contribution is 5.91. The summed E-state index contributed by atoms with van der Waals surface area (Å²) in [6, 6.07) is 15.1. The van der Waals surface area contributed by atoms with E-state index in [0.29, 0.717) is 12.1 Å². The van der Waals surface area contributed by atoms with Crippen molar-refractivity contribution in [3.05, 3.63) is 65.2 Å². The van der Waals surface area contributed by atoms with E-state index in [1.807, 2.05) is 62.3 Å². The Labute approximate surface area is 148 Å². The molecule has 25 heavy (non-hydrogen) atoms. The largest absolute Gasteiger partial charge is 0.452 e. The molecular weight excluding hydrogens is 316 g/mol. The molecule has 0 aliphatic rings. The lowest BCUT2D eigenvalue weighted by Gasteiger charge is -2.13. The number of benzene rings is 2. The third kappa shape index (κ3) is 5.64. The normalized spacial score (nSPS) is 10.2. The number of esters is 1. The molecule has 2 rings (SSSR count). The predicted molar refractivity (Wildman–Crippen MR) is 98.7 cm³/mol. The van der Waals surface area contributed by atoms with Crippen molar-refractivity contribution >= 4 is 17.6 Å². The van der Waals surface area contributed by atoms with Gasteiger partial charge in [-0.1, -0.05) is 31.2 Å². The molecule has 0 atom stereocenters. The fourth-order valence-electron chi connectivity index (χ4n) is 2.25. The molecule has 0 fully saturated rings. The van der Waals surface area contributed by atoms with Crippen LogP contribution in [0.5, 0.6) is 0 Å². The number of carbonyl (C=O) groups is 2. The van der Waals surface area contributed by atoms with E-state index in [1.165, 1.54) is 0 Å². The fraction of sp³-hybridized carbons (Fsp3) is 0.300. The third-order valence-electron chi connectivity index (χ3n) is 3.87. The SMILES string of the molecule is CCc1ccc(C(=O)OCC(=O)NCc2ccc(N(C)C)cc2)cc1. The average Bonchev–Trinajstić information content (AvgIpc) is 2.64. The maximum atomic E-state index is 11.9. The summed E-state index contributed by atoms with van der Waals surface area (Å²) in [6.07, 6.45) is 0.910. The second-order valence-corrected chi connectivity index (χ2v) is 5.96. The molecule has 0 radical (unpaired) electrons. The molecule has 5 heteroatoms.